The van der Waals surface area contributed by atoms with E-state index in [4.69, 9.17) is 4.74 Å². The summed E-state index contributed by atoms with van der Waals surface area (Å²) in [6.45, 7) is 1.87. The smallest absolute Gasteiger partial charge is 0.306 e. The van der Waals surface area contributed by atoms with Crippen LogP contribution in [0.1, 0.15) is 42.5 Å². The van der Waals surface area contributed by atoms with E-state index in [9.17, 15) is 28.4 Å². The van der Waals surface area contributed by atoms with Gasteiger partial charge in [0, 0.05) is 12.5 Å². The molecule has 11 heteroatoms. The Labute approximate surface area is 213 Å². The SMILES string of the molecule is CCOC(=O)CCc1ccc(N(C2CCc3c(O)cccc32)S(=O)(=O)c2ccccc2[N+](=O)[O-])cc1F. The number of sulfonamides is 1. The van der Waals surface area contributed by atoms with Crippen molar-refractivity contribution in [2.75, 3.05) is 10.9 Å². The summed E-state index contributed by atoms with van der Waals surface area (Å²) in [5.41, 5.74) is 0.671. The summed E-state index contributed by atoms with van der Waals surface area (Å²) >= 11 is 0. The number of nitrogens with zero attached hydrogens (tertiary/aromatic N) is 2. The van der Waals surface area contributed by atoms with E-state index in [1.807, 2.05) is 0 Å². The van der Waals surface area contributed by atoms with Crippen LogP contribution in [-0.4, -0.2) is 31.0 Å². The number of nitro benzene ring substituents is 1. The average molecular weight is 529 g/mol. The first-order valence-electron chi connectivity index (χ1n) is 11.7. The number of fused-ring (bicyclic) bond motifs is 1. The zero-order valence-corrected chi connectivity index (χ0v) is 20.8. The maximum absolute atomic E-state index is 15.2. The number of aromatic hydroxyl groups is 1. The van der Waals surface area contributed by atoms with Crippen molar-refractivity contribution in [3.8, 4) is 5.75 Å². The summed E-state index contributed by atoms with van der Waals surface area (Å²) in [5.74, 6) is -1.18. The highest BCUT2D eigenvalue weighted by Gasteiger charge is 2.40. The second-order valence-electron chi connectivity index (χ2n) is 8.51. The van der Waals surface area contributed by atoms with Crippen molar-refractivity contribution >= 4 is 27.4 Å². The molecular weight excluding hydrogens is 503 g/mol. The van der Waals surface area contributed by atoms with Gasteiger partial charge in [0.05, 0.1) is 23.3 Å². The third-order valence-corrected chi connectivity index (χ3v) is 8.18. The molecule has 3 aromatic rings. The van der Waals surface area contributed by atoms with Crippen molar-refractivity contribution in [3.05, 3.63) is 93.3 Å². The molecule has 3 aromatic carbocycles. The van der Waals surface area contributed by atoms with Gasteiger partial charge in [0.1, 0.15) is 11.6 Å². The van der Waals surface area contributed by atoms with E-state index in [-0.39, 0.29) is 42.9 Å². The number of halogens is 1. The monoisotopic (exact) mass is 528 g/mol. The zero-order chi connectivity index (χ0) is 26.7. The van der Waals surface area contributed by atoms with Crippen LogP contribution in [0.4, 0.5) is 15.8 Å². The Balaban J connectivity index is 1.82. The van der Waals surface area contributed by atoms with Gasteiger partial charge < -0.3 is 9.84 Å². The van der Waals surface area contributed by atoms with Crippen LogP contribution in [0.2, 0.25) is 0 Å². The van der Waals surface area contributed by atoms with E-state index in [1.165, 1.54) is 30.3 Å². The largest absolute Gasteiger partial charge is 0.508 e. The number of carbonyl (C=O) groups excluding carboxylic acids is 1. The van der Waals surface area contributed by atoms with Crippen LogP contribution in [0, 0.1) is 15.9 Å². The number of anilines is 1. The Kier molecular flexibility index (Phi) is 7.44. The summed E-state index contributed by atoms with van der Waals surface area (Å²) < 4.78 is 49.0. The third kappa shape index (κ3) is 5.12. The van der Waals surface area contributed by atoms with E-state index in [0.29, 0.717) is 17.5 Å². The molecule has 0 spiro atoms. The lowest BCUT2D eigenvalue weighted by Crippen LogP contribution is -2.34. The molecule has 0 saturated carbocycles. The first kappa shape index (κ1) is 26.1. The number of hydrogen-bond donors (Lipinski definition) is 1. The fourth-order valence-corrected chi connectivity index (χ4v) is 6.44. The quantitative estimate of drug-likeness (QED) is 0.240. The average Bonchev–Trinajstić information content (AvgIpc) is 3.28. The van der Waals surface area contributed by atoms with E-state index in [2.05, 4.69) is 0 Å². The molecule has 1 unspecified atom stereocenters. The van der Waals surface area contributed by atoms with Gasteiger partial charge >= 0.3 is 5.97 Å². The topological polar surface area (TPSA) is 127 Å². The molecule has 0 radical (unpaired) electrons. The maximum atomic E-state index is 15.2. The predicted molar refractivity (Wildman–Crippen MR) is 133 cm³/mol. The minimum atomic E-state index is -4.56. The zero-order valence-electron chi connectivity index (χ0n) is 20.0. The first-order valence-corrected chi connectivity index (χ1v) is 13.1. The first-order chi connectivity index (χ1) is 17.6. The Morgan fingerprint density at radius 3 is 2.65 bits per heavy atom. The highest BCUT2D eigenvalue weighted by molar-refractivity contribution is 7.93. The second-order valence-corrected chi connectivity index (χ2v) is 10.3. The lowest BCUT2D eigenvalue weighted by atomic mass is 10.1. The fourth-order valence-electron chi connectivity index (χ4n) is 4.62. The lowest BCUT2D eigenvalue weighted by molar-refractivity contribution is -0.387. The molecule has 0 heterocycles. The van der Waals surface area contributed by atoms with Gasteiger partial charge in [-0.15, -0.1) is 0 Å². The van der Waals surface area contributed by atoms with Crippen LogP contribution < -0.4 is 4.31 Å². The van der Waals surface area contributed by atoms with Crippen LogP contribution in [0.25, 0.3) is 0 Å². The summed E-state index contributed by atoms with van der Waals surface area (Å²) in [6, 6.07) is 12.8. The number of phenolic OH excluding ortho intramolecular Hbond substituents is 1. The number of ether oxygens (including phenoxy) is 1. The van der Waals surface area contributed by atoms with Gasteiger partial charge in [-0.05, 0) is 67.1 Å². The number of hydrogen-bond acceptors (Lipinski definition) is 7. The van der Waals surface area contributed by atoms with Crippen molar-refractivity contribution < 1.29 is 32.4 Å². The molecule has 0 fully saturated rings. The predicted octanol–water partition coefficient (Wildman–Crippen LogP) is 4.82. The van der Waals surface area contributed by atoms with Gasteiger partial charge in [-0.25, -0.2) is 12.8 Å². The van der Waals surface area contributed by atoms with E-state index < -0.39 is 43.4 Å². The van der Waals surface area contributed by atoms with Crippen molar-refractivity contribution in [1.82, 2.24) is 0 Å². The molecule has 4 rings (SSSR count). The van der Waals surface area contributed by atoms with Crippen LogP contribution in [-0.2, 0) is 32.4 Å². The molecule has 1 aliphatic rings. The number of para-hydroxylation sites is 1. The molecule has 1 aliphatic carbocycles. The molecule has 37 heavy (non-hydrogen) atoms. The maximum Gasteiger partial charge on any atom is 0.306 e. The normalized spacial score (nSPS) is 14.7. The van der Waals surface area contributed by atoms with E-state index in [0.717, 1.165) is 22.5 Å². The standard InChI is InChI=1S/C26H25FN2O7S/c1-2-36-26(31)15-11-17-10-12-18(16-21(17)27)28(22-14-13-20-19(22)6-5-8-24(20)30)37(34,35)25-9-4-3-7-23(25)29(32)33/h3-10,12,16,22,30H,2,11,13-15H2,1H3. The molecule has 0 amide bonds. The van der Waals surface area contributed by atoms with Crippen LogP contribution in [0.5, 0.6) is 5.75 Å². The van der Waals surface area contributed by atoms with Gasteiger partial charge in [0.2, 0.25) is 0 Å². The minimum absolute atomic E-state index is 0.0172. The third-order valence-electron chi connectivity index (χ3n) is 6.29. The Morgan fingerprint density at radius 2 is 1.95 bits per heavy atom. The summed E-state index contributed by atoms with van der Waals surface area (Å²) in [5, 5.41) is 22.0. The van der Waals surface area contributed by atoms with Gasteiger partial charge in [-0.1, -0.05) is 30.3 Å². The second kappa shape index (κ2) is 10.6. The highest BCUT2D eigenvalue weighted by Crippen LogP contribution is 2.45. The molecule has 1 atom stereocenters. The number of benzene rings is 3. The summed E-state index contributed by atoms with van der Waals surface area (Å²) in [7, 11) is -4.56. The molecule has 0 saturated heterocycles. The molecular formula is C26H25FN2O7S. The molecule has 0 bridgehead atoms. The molecule has 1 N–H and O–H groups in total. The molecule has 194 valence electrons. The van der Waals surface area contributed by atoms with E-state index in [1.54, 1.807) is 19.1 Å². The lowest BCUT2D eigenvalue weighted by Gasteiger charge is -2.31. The van der Waals surface area contributed by atoms with Gasteiger partial charge in [0.25, 0.3) is 15.7 Å². The Hall–Kier alpha value is -3.99. The van der Waals surface area contributed by atoms with Gasteiger partial charge in [-0.3, -0.25) is 19.2 Å². The van der Waals surface area contributed by atoms with Crippen molar-refractivity contribution in [1.29, 1.82) is 0 Å². The van der Waals surface area contributed by atoms with Crippen LogP contribution in [0.3, 0.4) is 0 Å². The minimum Gasteiger partial charge on any atom is -0.508 e. The number of aryl methyl sites for hydroxylation is 1. The Bertz CT molecular complexity index is 1460. The summed E-state index contributed by atoms with van der Waals surface area (Å²) in [4.78, 5) is 22.0. The van der Waals surface area contributed by atoms with Crippen molar-refractivity contribution in [2.24, 2.45) is 0 Å². The van der Waals surface area contributed by atoms with Crippen molar-refractivity contribution in [3.63, 3.8) is 0 Å². The highest BCUT2D eigenvalue weighted by atomic mass is 32.2. The number of rotatable bonds is 9. The number of nitro groups is 1. The van der Waals surface area contributed by atoms with Crippen LogP contribution >= 0.6 is 0 Å². The Morgan fingerprint density at radius 1 is 1.19 bits per heavy atom. The number of esters is 1. The van der Waals surface area contributed by atoms with Gasteiger partial charge in [0.15, 0.2) is 4.90 Å². The van der Waals surface area contributed by atoms with Crippen LogP contribution in [0.15, 0.2) is 65.6 Å². The van der Waals surface area contributed by atoms with Gasteiger partial charge in [-0.2, -0.15) is 0 Å². The number of phenols is 1. The molecule has 9 nitrogen and oxygen atoms in total. The van der Waals surface area contributed by atoms with E-state index >= 15 is 4.39 Å². The van der Waals surface area contributed by atoms with Crippen molar-refractivity contribution in [2.45, 2.75) is 43.5 Å². The molecule has 0 aliphatic heterocycles. The molecule has 0 aromatic heterocycles. The summed E-state index contributed by atoms with van der Waals surface area (Å²) in [6.07, 6.45) is 0.661. The number of carbonyl (C=O) groups is 1. The fraction of sp³-hybridized carbons (Fsp3) is 0.269.